The number of rotatable bonds is 14. The summed E-state index contributed by atoms with van der Waals surface area (Å²) in [5.74, 6) is -2.13. The van der Waals surface area contributed by atoms with Crippen molar-refractivity contribution < 1.29 is 33.4 Å². The smallest absolute Gasteiger partial charge is 0.309 e. The van der Waals surface area contributed by atoms with Crippen molar-refractivity contribution in [3.05, 3.63) is 30.0 Å². The van der Waals surface area contributed by atoms with Crippen LogP contribution in [0.2, 0.25) is 0 Å². The number of ether oxygens (including phenoxy) is 2. The van der Waals surface area contributed by atoms with Gasteiger partial charge >= 0.3 is 5.97 Å². The van der Waals surface area contributed by atoms with Gasteiger partial charge in [0.1, 0.15) is 17.5 Å². The number of methoxy groups -OCH3 is 1. The van der Waals surface area contributed by atoms with E-state index in [-0.39, 0.29) is 29.9 Å². The van der Waals surface area contributed by atoms with Crippen LogP contribution in [0, 0.1) is 17.8 Å². The Morgan fingerprint density at radius 1 is 0.979 bits per heavy atom. The van der Waals surface area contributed by atoms with Crippen molar-refractivity contribution in [1.29, 1.82) is 0 Å². The average molecular weight is 666 g/mol. The van der Waals surface area contributed by atoms with Crippen LogP contribution >= 0.6 is 0 Å². The summed E-state index contributed by atoms with van der Waals surface area (Å²) in [6.45, 7) is 5.58. The quantitative estimate of drug-likeness (QED) is 0.223. The molecule has 3 heterocycles. The summed E-state index contributed by atoms with van der Waals surface area (Å²) in [7, 11) is 1.56. The van der Waals surface area contributed by atoms with Crippen LogP contribution in [0.4, 0.5) is 0 Å². The van der Waals surface area contributed by atoms with Crippen LogP contribution in [-0.2, 0) is 23.9 Å². The van der Waals surface area contributed by atoms with Gasteiger partial charge in [0, 0.05) is 29.4 Å². The van der Waals surface area contributed by atoms with Crippen molar-refractivity contribution >= 4 is 40.4 Å². The summed E-state index contributed by atoms with van der Waals surface area (Å²) in [6, 6.07) is 5.71. The molecule has 3 amide bonds. The molecule has 0 radical (unpaired) electrons. The molecule has 3 atom stereocenters. The lowest BCUT2D eigenvalue weighted by Crippen LogP contribution is -2.53. The number of hydrogen-bond acceptors (Lipinski definition) is 8. The Morgan fingerprint density at radius 2 is 1.73 bits per heavy atom. The van der Waals surface area contributed by atoms with Crippen LogP contribution in [0.5, 0.6) is 5.75 Å². The summed E-state index contributed by atoms with van der Waals surface area (Å²) >= 11 is 0. The van der Waals surface area contributed by atoms with Crippen LogP contribution in [0.25, 0.3) is 10.9 Å². The monoisotopic (exact) mass is 665 g/mol. The zero-order valence-electron chi connectivity index (χ0n) is 28.5. The number of ketones is 1. The maximum Gasteiger partial charge on any atom is 0.309 e. The highest BCUT2D eigenvalue weighted by molar-refractivity contribution is 6.02. The fraction of sp³-hybridized carbons (Fsp3) is 0.639. The second kappa shape index (κ2) is 16.5. The number of nitrogens with one attached hydrogen (secondary N) is 4. The molecule has 12 heteroatoms. The highest BCUT2D eigenvalue weighted by atomic mass is 16.5. The molecular weight excluding hydrogens is 614 g/mol. The Kier molecular flexibility index (Phi) is 12.1. The maximum atomic E-state index is 13.7. The van der Waals surface area contributed by atoms with E-state index < -0.39 is 48.2 Å². The number of piperidine rings is 1. The first-order chi connectivity index (χ1) is 23.1. The van der Waals surface area contributed by atoms with Gasteiger partial charge < -0.3 is 35.3 Å². The average Bonchev–Trinajstić information content (AvgIpc) is 3.72. The number of Topliss-reactive ketones (excluding diaryl/α,β-unsaturated/α-hetero) is 1. The fourth-order valence-corrected chi connectivity index (χ4v) is 7.37. The van der Waals surface area contributed by atoms with E-state index in [0.717, 1.165) is 18.5 Å². The molecule has 2 saturated heterocycles. The van der Waals surface area contributed by atoms with Gasteiger partial charge in [0.2, 0.25) is 11.8 Å². The van der Waals surface area contributed by atoms with Crippen molar-refractivity contribution in [2.24, 2.45) is 17.8 Å². The zero-order chi connectivity index (χ0) is 34.2. The van der Waals surface area contributed by atoms with Crippen LogP contribution < -0.4 is 20.7 Å². The molecule has 48 heavy (non-hydrogen) atoms. The number of hydrogen-bond donors (Lipinski definition) is 4. The molecule has 1 aliphatic carbocycles. The lowest BCUT2D eigenvalue weighted by Gasteiger charge is -2.38. The van der Waals surface area contributed by atoms with Gasteiger partial charge in [-0.05, 0) is 82.2 Å². The van der Waals surface area contributed by atoms with E-state index in [1.54, 1.807) is 19.2 Å². The lowest BCUT2D eigenvalue weighted by molar-refractivity contribution is -0.154. The second-order valence-electron chi connectivity index (χ2n) is 14.0. The molecule has 262 valence electrons. The summed E-state index contributed by atoms with van der Waals surface area (Å²) < 4.78 is 10.9. The summed E-state index contributed by atoms with van der Waals surface area (Å²) in [4.78, 5) is 71.6. The zero-order valence-corrected chi connectivity index (χ0v) is 28.5. The highest BCUT2D eigenvalue weighted by Crippen LogP contribution is 2.28. The molecule has 2 aliphatic heterocycles. The number of carbonyl (C=O) groups excluding carboxylic acids is 5. The van der Waals surface area contributed by atoms with Crippen molar-refractivity contribution in [2.45, 2.75) is 96.2 Å². The summed E-state index contributed by atoms with van der Waals surface area (Å²) in [6.07, 6.45) is 8.60. The molecule has 4 N–H and O–H groups in total. The molecule has 12 nitrogen and oxygen atoms in total. The largest absolute Gasteiger partial charge is 0.496 e. The molecule has 3 aliphatic rings. The van der Waals surface area contributed by atoms with Gasteiger partial charge in [-0.1, -0.05) is 39.2 Å². The molecule has 5 rings (SSSR count). The molecule has 0 bridgehead atoms. The van der Waals surface area contributed by atoms with E-state index in [4.69, 9.17) is 9.47 Å². The number of nitrogens with zero attached hydrogens (tertiary/aromatic N) is 1. The first kappa shape index (κ1) is 35.4. The number of amides is 3. The Bertz CT molecular complexity index is 1460. The number of H-pyrrole nitrogens is 1. The van der Waals surface area contributed by atoms with Crippen LogP contribution in [0.15, 0.2) is 24.3 Å². The maximum absolute atomic E-state index is 13.7. The Morgan fingerprint density at radius 3 is 2.40 bits per heavy atom. The predicted molar refractivity (Wildman–Crippen MR) is 180 cm³/mol. The normalized spacial score (nSPS) is 20.7. The first-order valence-corrected chi connectivity index (χ1v) is 17.6. The van der Waals surface area contributed by atoms with E-state index in [0.29, 0.717) is 49.5 Å². The third-order valence-electron chi connectivity index (χ3n) is 10.1. The highest BCUT2D eigenvalue weighted by Gasteiger charge is 2.35. The van der Waals surface area contributed by atoms with E-state index in [9.17, 15) is 24.0 Å². The third-order valence-corrected chi connectivity index (χ3v) is 10.1. The van der Waals surface area contributed by atoms with Crippen LogP contribution in [0.3, 0.4) is 0 Å². The number of aromatic nitrogens is 1. The van der Waals surface area contributed by atoms with Gasteiger partial charge in [-0.25, -0.2) is 0 Å². The van der Waals surface area contributed by atoms with E-state index in [1.165, 1.54) is 32.1 Å². The molecular formula is C36H51N5O7. The standard InChI is InChI=1S/C36H51N5O7/c1-22(2)18-29(40-35(45)30-20-26-27(38-30)10-7-11-32(26)47-3)34(44)39-28(19-24-12-15-37-33(24)43)31(42)21-48-36(46)23-13-16-41(17-14-23)25-8-5-4-6-9-25/h7,10-11,20,22-25,28-29,38H,4-6,8-9,12-19,21H2,1-3H3,(H,37,43)(H,39,44)(H,40,45)/t24-,28-,29-/m0/s1. The van der Waals surface area contributed by atoms with E-state index in [2.05, 4.69) is 25.8 Å². The number of carbonyl (C=O) groups is 5. The van der Waals surface area contributed by atoms with Crippen molar-refractivity contribution in [1.82, 2.24) is 25.8 Å². The Labute approximate surface area is 282 Å². The first-order valence-electron chi connectivity index (χ1n) is 17.6. The fourth-order valence-electron chi connectivity index (χ4n) is 7.37. The minimum atomic E-state index is -1.06. The lowest BCUT2D eigenvalue weighted by atomic mass is 9.90. The second-order valence-corrected chi connectivity index (χ2v) is 14.0. The topological polar surface area (TPSA) is 159 Å². The molecule has 1 aromatic carbocycles. The summed E-state index contributed by atoms with van der Waals surface area (Å²) in [5.41, 5.74) is 0.983. The van der Waals surface area contributed by atoms with E-state index >= 15 is 0 Å². The molecule has 0 unspecified atom stereocenters. The number of esters is 1. The number of fused-ring (bicyclic) bond motifs is 1. The van der Waals surface area contributed by atoms with Gasteiger partial charge in [0.05, 0.1) is 19.1 Å². The number of benzene rings is 1. The van der Waals surface area contributed by atoms with Gasteiger partial charge in [-0.2, -0.15) is 0 Å². The van der Waals surface area contributed by atoms with Crippen LogP contribution in [-0.4, -0.2) is 90.8 Å². The predicted octanol–water partition coefficient (Wildman–Crippen LogP) is 3.49. The van der Waals surface area contributed by atoms with Crippen molar-refractivity contribution in [2.75, 3.05) is 33.4 Å². The molecule has 1 aromatic heterocycles. The SMILES string of the molecule is COc1cccc2[nH]c(C(=O)N[C@@H](CC(C)C)C(=O)N[C@@H](C[C@@H]3CCNC3=O)C(=O)COC(=O)C3CCN(C4CCCCC4)CC3)cc12. The van der Waals surface area contributed by atoms with E-state index in [1.807, 2.05) is 26.0 Å². The summed E-state index contributed by atoms with van der Waals surface area (Å²) in [5, 5.41) is 9.15. The molecule has 0 spiro atoms. The molecule has 2 aromatic rings. The van der Waals surface area contributed by atoms with Crippen molar-refractivity contribution in [3.8, 4) is 5.75 Å². The van der Waals surface area contributed by atoms with Gasteiger partial charge in [0.15, 0.2) is 12.4 Å². The number of likely N-dealkylation sites (tertiary alicyclic amines) is 1. The number of aromatic amines is 1. The van der Waals surface area contributed by atoms with Gasteiger partial charge in [-0.15, -0.1) is 0 Å². The Balaban J connectivity index is 1.21. The third kappa shape index (κ3) is 8.94. The minimum Gasteiger partial charge on any atom is -0.496 e. The minimum absolute atomic E-state index is 0.0455. The Hall–Kier alpha value is -3.93. The van der Waals surface area contributed by atoms with Crippen molar-refractivity contribution in [3.63, 3.8) is 0 Å². The molecule has 1 saturated carbocycles. The van der Waals surface area contributed by atoms with Crippen LogP contribution in [0.1, 0.15) is 88.5 Å². The van der Waals surface area contributed by atoms with Gasteiger partial charge in [0.25, 0.3) is 5.91 Å². The molecule has 3 fully saturated rings. The van der Waals surface area contributed by atoms with Gasteiger partial charge in [-0.3, -0.25) is 24.0 Å².